The van der Waals surface area contributed by atoms with Crippen LogP contribution in [-0.4, -0.2) is 35.7 Å². The molecular formula is C23H21Cl2N3O4. The molecule has 0 radical (unpaired) electrons. The van der Waals surface area contributed by atoms with E-state index in [0.717, 1.165) is 11.1 Å². The number of carbonyl (C=O) groups excluding carboxylic acids is 1. The monoisotopic (exact) mass is 473 g/mol. The number of ether oxygens (including phenoxy) is 2. The van der Waals surface area contributed by atoms with Crippen molar-refractivity contribution < 1.29 is 14.3 Å². The van der Waals surface area contributed by atoms with Gasteiger partial charge in [0, 0.05) is 18.1 Å². The molecule has 2 aromatic carbocycles. The predicted molar refractivity (Wildman–Crippen MR) is 126 cm³/mol. The quantitative estimate of drug-likeness (QED) is 0.580. The van der Waals surface area contributed by atoms with Crippen molar-refractivity contribution in [1.29, 1.82) is 0 Å². The van der Waals surface area contributed by atoms with Crippen LogP contribution in [0.25, 0.3) is 22.6 Å². The van der Waals surface area contributed by atoms with Gasteiger partial charge in [0.15, 0.2) is 18.1 Å². The number of rotatable bonds is 6. The van der Waals surface area contributed by atoms with Crippen molar-refractivity contribution in [2.45, 2.75) is 19.9 Å². The second kappa shape index (κ2) is 9.22. The zero-order chi connectivity index (χ0) is 22.8. The van der Waals surface area contributed by atoms with Gasteiger partial charge in [0.25, 0.3) is 11.5 Å². The first-order chi connectivity index (χ1) is 15.4. The molecule has 32 heavy (non-hydrogen) atoms. The van der Waals surface area contributed by atoms with Gasteiger partial charge in [-0.1, -0.05) is 29.3 Å². The van der Waals surface area contributed by atoms with Crippen LogP contribution in [0.4, 0.5) is 0 Å². The van der Waals surface area contributed by atoms with Crippen LogP contribution in [0.15, 0.2) is 35.1 Å². The molecule has 1 aliphatic rings. The number of hydrogen-bond acceptors (Lipinski definition) is 5. The van der Waals surface area contributed by atoms with Crippen molar-refractivity contribution in [1.82, 2.24) is 14.9 Å². The van der Waals surface area contributed by atoms with E-state index in [1.54, 1.807) is 22.8 Å². The summed E-state index contributed by atoms with van der Waals surface area (Å²) in [4.78, 5) is 29.3. The second-order valence-electron chi connectivity index (χ2n) is 7.25. The molecule has 9 heteroatoms. The normalized spacial score (nSPS) is 13.9. The van der Waals surface area contributed by atoms with Crippen molar-refractivity contribution in [2.24, 2.45) is 0 Å². The van der Waals surface area contributed by atoms with E-state index >= 15 is 0 Å². The number of aromatic nitrogens is 2. The van der Waals surface area contributed by atoms with Crippen LogP contribution >= 0.6 is 23.2 Å². The van der Waals surface area contributed by atoms with Gasteiger partial charge in [0.2, 0.25) is 0 Å². The molecule has 0 unspecified atom stereocenters. The van der Waals surface area contributed by atoms with Crippen LogP contribution in [0.3, 0.4) is 0 Å². The molecule has 0 spiro atoms. The topological polar surface area (TPSA) is 82.5 Å². The van der Waals surface area contributed by atoms with E-state index in [1.165, 1.54) is 7.11 Å². The molecule has 3 aromatic rings. The summed E-state index contributed by atoms with van der Waals surface area (Å²) in [6.07, 6.45) is 2.61. The average molecular weight is 474 g/mol. The zero-order valence-electron chi connectivity index (χ0n) is 17.6. The first-order valence-corrected chi connectivity index (χ1v) is 10.8. The first-order valence-electron chi connectivity index (χ1n) is 10.1. The van der Waals surface area contributed by atoms with Crippen LogP contribution in [0, 0.1) is 0 Å². The molecule has 7 nitrogen and oxygen atoms in total. The Balaban J connectivity index is 1.68. The van der Waals surface area contributed by atoms with Crippen LogP contribution in [0.1, 0.15) is 24.7 Å². The number of likely N-dealkylation sites (N-methyl/N-ethyl adjacent to an activating group) is 1. The largest absolute Gasteiger partial charge is 0.493 e. The summed E-state index contributed by atoms with van der Waals surface area (Å²) in [6.45, 7) is 2.81. The molecule has 1 N–H and O–H groups in total. The van der Waals surface area contributed by atoms with Crippen molar-refractivity contribution in [3.8, 4) is 11.5 Å². The fourth-order valence-electron chi connectivity index (χ4n) is 3.67. The van der Waals surface area contributed by atoms with Gasteiger partial charge in [-0.05, 0) is 54.8 Å². The molecule has 4 rings (SSSR count). The summed E-state index contributed by atoms with van der Waals surface area (Å²) >= 11 is 12.4. The maximum Gasteiger partial charge on any atom is 0.261 e. The Labute approximate surface area is 194 Å². The lowest BCUT2D eigenvalue weighted by Crippen LogP contribution is -2.28. The number of allylic oxidation sites excluding steroid dienone is 1. The third kappa shape index (κ3) is 4.31. The summed E-state index contributed by atoms with van der Waals surface area (Å²) in [5.41, 5.74) is 2.04. The molecular weight excluding hydrogens is 453 g/mol. The highest BCUT2D eigenvalue weighted by atomic mass is 35.5. The summed E-state index contributed by atoms with van der Waals surface area (Å²) < 4.78 is 12.6. The fourth-order valence-corrected chi connectivity index (χ4v) is 4.21. The molecule has 1 amide bonds. The molecule has 0 atom stereocenters. The lowest BCUT2D eigenvalue weighted by Gasteiger charge is -2.11. The van der Waals surface area contributed by atoms with Crippen molar-refractivity contribution in [3.63, 3.8) is 0 Å². The zero-order valence-corrected chi connectivity index (χ0v) is 19.1. The van der Waals surface area contributed by atoms with Crippen molar-refractivity contribution in [3.05, 3.63) is 62.1 Å². The maximum atomic E-state index is 13.0. The smallest absolute Gasteiger partial charge is 0.261 e. The highest BCUT2D eigenvalue weighted by Crippen LogP contribution is 2.33. The minimum Gasteiger partial charge on any atom is -0.493 e. The van der Waals surface area contributed by atoms with E-state index in [-0.39, 0.29) is 18.1 Å². The number of carbonyl (C=O) groups is 1. The number of nitrogens with zero attached hydrogens (tertiary/aromatic N) is 2. The number of hydrogen-bond donors (Lipinski definition) is 1. The lowest BCUT2D eigenvalue weighted by molar-refractivity contribution is -0.123. The minimum absolute atomic E-state index is 0.0945. The van der Waals surface area contributed by atoms with Gasteiger partial charge in [-0.2, -0.15) is 0 Å². The Hall–Kier alpha value is -3.03. The molecule has 1 aliphatic heterocycles. The maximum absolute atomic E-state index is 13.0. The molecule has 0 fully saturated rings. The summed E-state index contributed by atoms with van der Waals surface area (Å²) in [5.74, 6) is 1.36. The SMILES string of the molecule is CCNC(=O)COc1ccc(/C=C2\CCn3c2nc2c(Cl)cc(Cl)cc2c3=O)cc1OC. The van der Waals surface area contributed by atoms with Gasteiger partial charge in [0.1, 0.15) is 5.82 Å². The number of methoxy groups -OCH3 is 1. The number of nitrogens with one attached hydrogen (secondary N) is 1. The number of benzene rings is 2. The van der Waals surface area contributed by atoms with E-state index in [2.05, 4.69) is 10.3 Å². The van der Waals surface area contributed by atoms with Gasteiger partial charge in [-0.25, -0.2) is 4.98 Å². The highest BCUT2D eigenvalue weighted by molar-refractivity contribution is 6.38. The average Bonchev–Trinajstić information content (AvgIpc) is 3.16. The van der Waals surface area contributed by atoms with Gasteiger partial charge in [0.05, 0.1) is 23.0 Å². The number of fused-ring (bicyclic) bond motifs is 2. The summed E-state index contributed by atoms with van der Waals surface area (Å²) in [6, 6.07) is 8.60. The van der Waals surface area contributed by atoms with Crippen LogP contribution in [0.2, 0.25) is 10.0 Å². The highest BCUT2D eigenvalue weighted by Gasteiger charge is 2.22. The minimum atomic E-state index is -0.202. The Morgan fingerprint density at radius 3 is 2.81 bits per heavy atom. The Morgan fingerprint density at radius 1 is 1.25 bits per heavy atom. The third-order valence-corrected chi connectivity index (χ3v) is 5.64. The standard InChI is InChI=1S/C23H21Cl2N3O4/c1-3-26-20(29)12-32-18-5-4-13(9-19(18)31-2)8-14-6-7-28-22(14)27-21-16(23(28)30)10-15(24)11-17(21)25/h4-5,8-11H,3,6-7,12H2,1-2H3,(H,26,29)/b14-8+. The van der Waals surface area contributed by atoms with Gasteiger partial charge < -0.3 is 14.8 Å². The lowest BCUT2D eigenvalue weighted by atomic mass is 10.1. The predicted octanol–water partition coefficient (Wildman–Crippen LogP) is 4.17. The Morgan fingerprint density at radius 2 is 2.06 bits per heavy atom. The Kier molecular flexibility index (Phi) is 6.39. The van der Waals surface area contributed by atoms with Gasteiger partial charge in [-0.15, -0.1) is 0 Å². The van der Waals surface area contributed by atoms with Crippen LogP contribution < -0.4 is 20.3 Å². The van der Waals surface area contributed by atoms with E-state index in [0.29, 0.717) is 57.8 Å². The molecule has 0 bridgehead atoms. The Bertz CT molecular complexity index is 1300. The molecule has 166 valence electrons. The van der Waals surface area contributed by atoms with Gasteiger partial charge in [-0.3, -0.25) is 14.2 Å². The van der Waals surface area contributed by atoms with E-state index in [1.807, 2.05) is 25.1 Å². The second-order valence-corrected chi connectivity index (χ2v) is 8.09. The van der Waals surface area contributed by atoms with Crippen molar-refractivity contribution >= 4 is 51.7 Å². The van der Waals surface area contributed by atoms with Gasteiger partial charge >= 0.3 is 0 Å². The fraction of sp³-hybridized carbons (Fsp3) is 0.261. The van der Waals surface area contributed by atoms with E-state index in [4.69, 9.17) is 32.7 Å². The first kappa shape index (κ1) is 22.2. The molecule has 2 heterocycles. The molecule has 1 aromatic heterocycles. The number of halogens is 2. The van der Waals surface area contributed by atoms with Crippen LogP contribution in [0.5, 0.6) is 11.5 Å². The molecule has 0 saturated carbocycles. The van der Waals surface area contributed by atoms with Crippen molar-refractivity contribution in [2.75, 3.05) is 20.3 Å². The number of amides is 1. The van der Waals surface area contributed by atoms with E-state index in [9.17, 15) is 9.59 Å². The molecule has 0 saturated heterocycles. The van der Waals surface area contributed by atoms with Crippen LogP contribution in [-0.2, 0) is 11.3 Å². The third-order valence-electron chi connectivity index (χ3n) is 5.13. The summed E-state index contributed by atoms with van der Waals surface area (Å²) in [7, 11) is 1.54. The summed E-state index contributed by atoms with van der Waals surface area (Å²) in [5, 5.41) is 3.83. The van der Waals surface area contributed by atoms with E-state index < -0.39 is 0 Å². The molecule has 0 aliphatic carbocycles.